The molecule has 0 amide bonds. The second kappa shape index (κ2) is 8.11. The quantitative estimate of drug-likeness (QED) is 0.594. The van der Waals surface area contributed by atoms with Crippen LogP contribution in [0.2, 0.25) is 0 Å². The minimum absolute atomic E-state index is 0.284. The molecular weight excluding hydrogens is 377 g/mol. The maximum atomic E-state index is 13.0. The first-order valence-electron chi connectivity index (χ1n) is 9.63. The molecule has 0 saturated carbocycles. The van der Waals surface area contributed by atoms with Crippen LogP contribution in [0, 0.1) is 0 Å². The third kappa shape index (κ3) is 4.67. The monoisotopic (exact) mass is 398 g/mol. The fourth-order valence-electron chi connectivity index (χ4n) is 3.43. The van der Waals surface area contributed by atoms with E-state index in [9.17, 15) is 13.2 Å². The predicted octanol–water partition coefficient (Wildman–Crippen LogP) is 5.90. The van der Waals surface area contributed by atoms with E-state index >= 15 is 0 Å². The average Bonchev–Trinajstić information content (AvgIpc) is 2.74. The van der Waals surface area contributed by atoms with Gasteiger partial charge in [-0.2, -0.15) is 18.2 Å². The fraction of sp³-hybridized carbons (Fsp3) is 0.273. The number of aromatic nitrogens is 2. The minimum Gasteiger partial charge on any atom is -0.356 e. The second-order valence-electron chi connectivity index (χ2n) is 7.05. The van der Waals surface area contributed by atoms with Crippen LogP contribution in [-0.2, 0) is 6.18 Å². The largest absolute Gasteiger partial charge is 0.416 e. The van der Waals surface area contributed by atoms with Gasteiger partial charge in [0.2, 0.25) is 5.95 Å². The van der Waals surface area contributed by atoms with Crippen LogP contribution >= 0.6 is 0 Å². The first kappa shape index (κ1) is 19.2. The summed E-state index contributed by atoms with van der Waals surface area (Å²) in [4.78, 5) is 11.4. The summed E-state index contributed by atoms with van der Waals surface area (Å²) in [7, 11) is 0. The number of benzene rings is 2. The van der Waals surface area contributed by atoms with Crippen LogP contribution < -0.4 is 10.2 Å². The summed E-state index contributed by atoms with van der Waals surface area (Å²) >= 11 is 0. The van der Waals surface area contributed by atoms with Crippen molar-refractivity contribution in [1.29, 1.82) is 0 Å². The Balaban J connectivity index is 1.70. The standard InChI is InChI=1S/C22H21F3N4/c23-22(24,25)17-10-7-11-18(14-17)26-21-27-19(16-8-3-1-4-9-16)15-20(28-21)29-12-5-2-6-13-29/h1,3-4,7-11,14-15H,2,5-6,12-13H2,(H,26,27,28). The van der Waals surface area contributed by atoms with Crippen LogP contribution in [0.5, 0.6) is 0 Å². The number of piperidine rings is 1. The summed E-state index contributed by atoms with van der Waals surface area (Å²) < 4.78 is 39.1. The number of nitrogens with one attached hydrogen (secondary N) is 1. The zero-order valence-electron chi connectivity index (χ0n) is 15.8. The lowest BCUT2D eigenvalue weighted by atomic mass is 10.1. The van der Waals surface area contributed by atoms with Crippen molar-refractivity contribution in [3.63, 3.8) is 0 Å². The number of hydrogen-bond acceptors (Lipinski definition) is 4. The van der Waals surface area contributed by atoms with E-state index in [-0.39, 0.29) is 5.95 Å². The average molecular weight is 398 g/mol. The van der Waals surface area contributed by atoms with Gasteiger partial charge in [-0.25, -0.2) is 4.98 Å². The van der Waals surface area contributed by atoms with Crippen molar-refractivity contribution in [1.82, 2.24) is 9.97 Å². The number of rotatable bonds is 4. The van der Waals surface area contributed by atoms with Crippen LogP contribution in [0.3, 0.4) is 0 Å². The molecule has 0 aliphatic carbocycles. The lowest BCUT2D eigenvalue weighted by Gasteiger charge is -2.28. The van der Waals surface area contributed by atoms with Crippen molar-refractivity contribution in [3.05, 3.63) is 66.2 Å². The van der Waals surface area contributed by atoms with Gasteiger partial charge in [0.15, 0.2) is 0 Å². The number of anilines is 3. The van der Waals surface area contributed by atoms with Crippen molar-refractivity contribution < 1.29 is 13.2 Å². The molecule has 0 radical (unpaired) electrons. The summed E-state index contributed by atoms with van der Waals surface area (Å²) in [5, 5.41) is 2.96. The molecule has 2 heterocycles. The topological polar surface area (TPSA) is 41.1 Å². The molecule has 0 bridgehead atoms. The Labute approximate surface area is 167 Å². The molecule has 1 aromatic heterocycles. The van der Waals surface area contributed by atoms with Crippen molar-refractivity contribution >= 4 is 17.5 Å². The van der Waals surface area contributed by atoms with Crippen LogP contribution in [-0.4, -0.2) is 23.1 Å². The van der Waals surface area contributed by atoms with E-state index in [0.29, 0.717) is 5.69 Å². The number of halogens is 3. The summed E-state index contributed by atoms with van der Waals surface area (Å²) in [6.45, 7) is 1.82. The second-order valence-corrected chi connectivity index (χ2v) is 7.05. The summed E-state index contributed by atoms with van der Waals surface area (Å²) in [6, 6.07) is 16.7. The molecule has 0 atom stereocenters. The summed E-state index contributed by atoms with van der Waals surface area (Å²) in [6.07, 6.45) is -1.01. The first-order valence-corrected chi connectivity index (χ1v) is 9.63. The van der Waals surface area contributed by atoms with Crippen molar-refractivity contribution in [2.24, 2.45) is 0 Å². The smallest absolute Gasteiger partial charge is 0.356 e. The number of nitrogens with zero attached hydrogens (tertiary/aromatic N) is 3. The van der Waals surface area contributed by atoms with Gasteiger partial charge in [-0.3, -0.25) is 0 Å². The maximum absolute atomic E-state index is 13.0. The lowest BCUT2D eigenvalue weighted by molar-refractivity contribution is -0.137. The highest BCUT2D eigenvalue weighted by Crippen LogP contribution is 2.32. The molecule has 0 unspecified atom stereocenters. The molecule has 1 aliphatic heterocycles. The number of hydrogen-bond donors (Lipinski definition) is 1. The van der Waals surface area contributed by atoms with Gasteiger partial charge in [0.1, 0.15) is 5.82 Å². The molecule has 0 spiro atoms. The van der Waals surface area contributed by atoms with E-state index in [4.69, 9.17) is 0 Å². The molecule has 1 aliphatic rings. The van der Waals surface area contributed by atoms with E-state index in [1.165, 1.54) is 12.5 Å². The molecule has 150 valence electrons. The third-order valence-corrected chi connectivity index (χ3v) is 4.91. The number of alkyl halides is 3. The Bertz CT molecular complexity index is 967. The van der Waals surface area contributed by atoms with E-state index in [0.717, 1.165) is 55.1 Å². The molecule has 1 saturated heterocycles. The highest BCUT2D eigenvalue weighted by Gasteiger charge is 2.30. The normalized spacial score (nSPS) is 14.7. The van der Waals surface area contributed by atoms with E-state index < -0.39 is 11.7 Å². The van der Waals surface area contributed by atoms with Gasteiger partial charge in [0, 0.05) is 30.4 Å². The van der Waals surface area contributed by atoms with Crippen LogP contribution in [0.4, 0.5) is 30.6 Å². The Morgan fingerprint density at radius 3 is 2.31 bits per heavy atom. The summed E-state index contributed by atoms with van der Waals surface area (Å²) in [5.74, 6) is 1.07. The first-order chi connectivity index (χ1) is 14.0. The van der Waals surface area contributed by atoms with Crippen LogP contribution in [0.15, 0.2) is 60.7 Å². The van der Waals surface area contributed by atoms with Gasteiger partial charge < -0.3 is 10.2 Å². The maximum Gasteiger partial charge on any atom is 0.416 e. The molecule has 4 rings (SSSR count). The zero-order chi connectivity index (χ0) is 20.3. The molecule has 3 aromatic rings. The molecule has 4 nitrogen and oxygen atoms in total. The fourth-order valence-corrected chi connectivity index (χ4v) is 3.43. The predicted molar refractivity (Wildman–Crippen MR) is 108 cm³/mol. The van der Waals surface area contributed by atoms with Crippen molar-refractivity contribution in [3.8, 4) is 11.3 Å². The Kier molecular flexibility index (Phi) is 5.38. The van der Waals surface area contributed by atoms with Crippen LogP contribution in [0.25, 0.3) is 11.3 Å². The van der Waals surface area contributed by atoms with Crippen LogP contribution in [0.1, 0.15) is 24.8 Å². The third-order valence-electron chi connectivity index (χ3n) is 4.91. The van der Waals surface area contributed by atoms with E-state index in [1.54, 1.807) is 6.07 Å². The molecular formula is C22H21F3N4. The Morgan fingerprint density at radius 1 is 0.828 bits per heavy atom. The van der Waals surface area contributed by atoms with Gasteiger partial charge >= 0.3 is 6.18 Å². The molecule has 1 fully saturated rings. The Morgan fingerprint density at radius 2 is 1.59 bits per heavy atom. The van der Waals surface area contributed by atoms with Gasteiger partial charge in [-0.1, -0.05) is 36.4 Å². The minimum atomic E-state index is -4.40. The van der Waals surface area contributed by atoms with E-state index in [1.807, 2.05) is 36.4 Å². The molecule has 7 heteroatoms. The zero-order valence-corrected chi connectivity index (χ0v) is 15.8. The molecule has 29 heavy (non-hydrogen) atoms. The van der Waals surface area contributed by atoms with Gasteiger partial charge in [-0.15, -0.1) is 0 Å². The van der Waals surface area contributed by atoms with Crippen molar-refractivity contribution in [2.45, 2.75) is 25.4 Å². The highest BCUT2D eigenvalue weighted by molar-refractivity contribution is 5.66. The van der Waals surface area contributed by atoms with E-state index in [2.05, 4.69) is 20.2 Å². The SMILES string of the molecule is FC(F)(F)c1cccc(Nc2nc(-c3ccccc3)cc(N3CCCCC3)n2)c1. The van der Waals surface area contributed by atoms with Gasteiger partial charge in [0.05, 0.1) is 11.3 Å². The van der Waals surface area contributed by atoms with Crippen molar-refractivity contribution in [2.75, 3.05) is 23.3 Å². The van der Waals surface area contributed by atoms with Gasteiger partial charge in [-0.05, 0) is 37.5 Å². The van der Waals surface area contributed by atoms with Gasteiger partial charge in [0.25, 0.3) is 0 Å². The Hall–Kier alpha value is -3.09. The molecule has 2 aromatic carbocycles. The highest BCUT2D eigenvalue weighted by atomic mass is 19.4. The molecule has 1 N–H and O–H groups in total. The lowest BCUT2D eigenvalue weighted by Crippen LogP contribution is -2.30. The summed E-state index contributed by atoms with van der Waals surface area (Å²) in [5.41, 5.74) is 1.25.